The second-order valence-corrected chi connectivity index (χ2v) is 5.95. The summed E-state index contributed by atoms with van der Waals surface area (Å²) in [6, 6.07) is 7.96. The molecular weight excluding hydrogens is 248 g/mol. The number of rotatable bonds is 4. The van der Waals surface area contributed by atoms with E-state index < -0.39 is 0 Å². The lowest BCUT2D eigenvalue weighted by atomic mass is 9.86. The first-order chi connectivity index (χ1) is 9.83. The number of aryl methyl sites for hydroxylation is 1. The Morgan fingerprint density at radius 2 is 2.25 bits per heavy atom. The summed E-state index contributed by atoms with van der Waals surface area (Å²) in [6.45, 7) is 5.76. The molecule has 20 heavy (non-hydrogen) atoms. The van der Waals surface area contributed by atoms with Gasteiger partial charge in [0.15, 0.2) is 0 Å². The minimum Gasteiger partial charge on any atom is -0.497 e. The number of fused-ring (bicyclic) bond motifs is 1. The third-order valence-corrected chi connectivity index (χ3v) is 4.90. The molecule has 1 N–H and O–H groups in total. The first-order valence-electron chi connectivity index (χ1n) is 7.96. The number of nitrogens with one attached hydrogen (secondary N) is 1. The Bertz CT molecular complexity index is 454. The van der Waals surface area contributed by atoms with Gasteiger partial charge in [0.1, 0.15) is 5.75 Å². The van der Waals surface area contributed by atoms with E-state index in [1.54, 1.807) is 7.11 Å². The first-order valence-corrected chi connectivity index (χ1v) is 7.96. The van der Waals surface area contributed by atoms with Gasteiger partial charge in [-0.05, 0) is 62.0 Å². The zero-order valence-electron chi connectivity index (χ0n) is 12.7. The molecule has 2 unspecified atom stereocenters. The minimum atomic E-state index is 0.597. The van der Waals surface area contributed by atoms with E-state index in [1.807, 2.05) is 0 Å². The van der Waals surface area contributed by atoms with E-state index in [0.717, 1.165) is 18.8 Å². The summed E-state index contributed by atoms with van der Waals surface area (Å²) in [5, 5.41) is 3.51. The zero-order valence-corrected chi connectivity index (χ0v) is 12.7. The lowest BCUT2D eigenvalue weighted by molar-refractivity contribution is 0.136. The van der Waals surface area contributed by atoms with Crippen LogP contribution in [0.4, 0.5) is 0 Å². The predicted molar refractivity (Wildman–Crippen MR) is 82.3 cm³/mol. The largest absolute Gasteiger partial charge is 0.497 e. The SMILES string of the molecule is CCN(C1CCNC1)C1CCCc2cc(OC)ccc21. The van der Waals surface area contributed by atoms with E-state index in [-0.39, 0.29) is 0 Å². The van der Waals surface area contributed by atoms with E-state index in [9.17, 15) is 0 Å². The molecule has 3 nitrogen and oxygen atoms in total. The maximum Gasteiger partial charge on any atom is 0.119 e. The molecule has 1 aliphatic heterocycles. The molecule has 110 valence electrons. The summed E-state index contributed by atoms with van der Waals surface area (Å²) in [6.07, 6.45) is 5.07. The van der Waals surface area contributed by atoms with Crippen LogP contribution in [0.1, 0.15) is 43.4 Å². The van der Waals surface area contributed by atoms with Crippen LogP contribution in [0.5, 0.6) is 5.75 Å². The molecular formula is C17H26N2O. The summed E-state index contributed by atoms with van der Waals surface area (Å²) < 4.78 is 5.38. The fourth-order valence-corrected chi connectivity index (χ4v) is 3.89. The maximum absolute atomic E-state index is 5.38. The van der Waals surface area contributed by atoms with E-state index in [4.69, 9.17) is 4.74 Å². The van der Waals surface area contributed by atoms with Gasteiger partial charge in [-0.2, -0.15) is 0 Å². The van der Waals surface area contributed by atoms with Crippen molar-refractivity contribution in [3.05, 3.63) is 29.3 Å². The Morgan fingerprint density at radius 3 is 2.95 bits per heavy atom. The van der Waals surface area contributed by atoms with E-state index in [1.165, 1.54) is 43.4 Å². The quantitative estimate of drug-likeness (QED) is 0.913. The number of hydrogen-bond donors (Lipinski definition) is 1. The van der Waals surface area contributed by atoms with Crippen LogP contribution in [0.15, 0.2) is 18.2 Å². The Balaban J connectivity index is 1.87. The molecule has 0 bridgehead atoms. The van der Waals surface area contributed by atoms with Gasteiger partial charge in [-0.25, -0.2) is 0 Å². The van der Waals surface area contributed by atoms with Crippen molar-refractivity contribution in [1.29, 1.82) is 0 Å². The van der Waals surface area contributed by atoms with Crippen LogP contribution in [-0.2, 0) is 6.42 Å². The normalized spacial score (nSPS) is 25.8. The summed E-state index contributed by atoms with van der Waals surface area (Å²) >= 11 is 0. The standard InChI is InChI=1S/C17H26N2O/c1-3-19(14-9-10-18-12-14)17-6-4-5-13-11-15(20-2)7-8-16(13)17/h7-8,11,14,17-18H,3-6,9-10,12H2,1-2H3. The van der Waals surface area contributed by atoms with Crippen LogP contribution in [0.2, 0.25) is 0 Å². The van der Waals surface area contributed by atoms with Gasteiger partial charge in [-0.1, -0.05) is 13.0 Å². The molecule has 0 radical (unpaired) electrons. The maximum atomic E-state index is 5.38. The topological polar surface area (TPSA) is 24.5 Å². The average molecular weight is 274 g/mol. The van der Waals surface area contributed by atoms with Gasteiger partial charge in [0.2, 0.25) is 0 Å². The molecule has 1 fully saturated rings. The van der Waals surface area contributed by atoms with Crippen LogP contribution in [-0.4, -0.2) is 37.7 Å². The molecule has 1 heterocycles. The van der Waals surface area contributed by atoms with Crippen molar-refractivity contribution in [2.75, 3.05) is 26.7 Å². The smallest absolute Gasteiger partial charge is 0.119 e. The summed E-state index contributed by atoms with van der Waals surface area (Å²) in [4.78, 5) is 2.71. The number of benzene rings is 1. The van der Waals surface area contributed by atoms with Gasteiger partial charge < -0.3 is 10.1 Å². The molecule has 2 atom stereocenters. The Hall–Kier alpha value is -1.06. The van der Waals surface area contributed by atoms with Crippen molar-refractivity contribution in [3.63, 3.8) is 0 Å². The van der Waals surface area contributed by atoms with Gasteiger partial charge in [0.25, 0.3) is 0 Å². The van der Waals surface area contributed by atoms with Crippen LogP contribution < -0.4 is 10.1 Å². The monoisotopic (exact) mass is 274 g/mol. The number of nitrogens with zero attached hydrogens (tertiary/aromatic N) is 1. The lowest BCUT2D eigenvalue weighted by Gasteiger charge is -2.39. The summed E-state index contributed by atoms with van der Waals surface area (Å²) in [5.74, 6) is 0.995. The third kappa shape index (κ3) is 2.57. The van der Waals surface area contributed by atoms with Crippen LogP contribution >= 0.6 is 0 Å². The average Bonchev–Trinajstić information content (AvgIpc) is 3.02. The number of hydrogen-bond acceptors (Lipinski definition) is 3. The highest BCUT2D eigenvalue weighted by atomic mass is 16.5. The Kier molecular flexibility index (Phi) is 4.27. The van der Waals surface area contributed by atoms with E-state index >= 15 is 0 Å². The Labute approximate surface area is 122 Å². The van der Waals surface area contributed by atoms with Gasteiger partial charge in [-0.3, -0.25) is 4.90 Å². The van der Waals surface area contributed by atoms with Crippen molar-refractivity contribution in [3.8, 4) is 5.75 Å². The molecule has 3 heteroatoms. The fourth-order valence-electron chi connectivity index (χ4n) is 3.89. The number of methoxy groups -OCH3 is 1. The number of ether oxygens (including phenoxy) is 1. The molecule has 1 aromatic carbocycles. The molecule has 1 saturated heterocycles. The van der Waals surface area contributed by atoms with Gasteiger partial charge in [-0.15, -0.1) is 0 Å². The molecule has 3 rings (SSSR count). The molecule has 2 aliphatic rings. The second-order valence-electron chi connectivity index (χ2n) is 5.95. The molecule has 0 aromatic heterocycles. The highest BCUT2D eigenvalue weighted by Gasteiger charge is 2.31. The number of likely N-dealkylation sites (N-methyl/N-ethyl adjacent to an activating group) is 1. The summed E-state index contributed by atoms with van der Waals surface area (Å²) in [7, 11) is 1.75. The second kappa shape index (κ2) is 6.15. The van der Waals surface area contributed by atoms with Crippen molar-refractivity contribution in [2.45, 2.75) is 44.7 Å². The molecule has 0 amide bonds. The van der Waals surface area contributed by atoms with E-state index in [2.05, 4.69) is 35.3 Å². The van der Waals surface area contributed by atoms with Crippen molar-refractivity contribution >= 4 is 0 Å². The highest BCUT2D eigenvalue weighted by Crippen LogP contribution is 2.37. The molecule has 1 aromatic rings. The summed E-state index contributed by atoms with van der Waals surface area (Å²) in [5.41, 5.74) is 3.02. The first kappa shape index (κ1) is 13.9. The third-order valence-electron chi connectivity index (χ3n) is 4.90. The molecule has 1 aliphatic carbocycles. The minimum absolute atomic E-state index is 0.597. The highest BCUT2D eigenvalue weighted by molar-refractivity contribution is 5.39. The van der Waals surface area contributed by atoms with E-state index in [0.29, 0.717) is 12.1 Å². The zero-order chi connectivity index (χ0) is 13.9. The van der Waals surface area contributed by atoms with Crippen LogP contribution in [0.25, 0.3) is 0 Å². The van der Waals surface area contributed by atoms with Crippen LogP contribution in [0.3, 0.4) is 0 Å². The fraction of sp³-hybridized carbons (Fsp3) is 0.647. The van der Waals surface area contributed by atoms with Gasteiger partial charge in [0, 0.05) is 18.6 Å². The van der Waals surface area contributed by atoms with Crippen molar-refractivity contribution in [2.24, 2.45) is 0 Å². The van der Waals surface area contributed by atoms with Gasteiger partial charge >= 0.3 is 0 Å². The molecule has 0 saturated carbocycles. The van der Waals surface area contributed by atoms with Crippen LogP contribution in [0, 0.1) is 0 Å². The van der Waals surface area contributed by atoms with Crippen molar-refractivity contribution < 1.29 is 4.74 Å². The van der Waals surface area contributed by atoms with Gasteiger partial charge in [0.05, 0.1) is 7.11 Å². The Morgan fingerprint density at radius 1 is 1.35 bits per heavy atom. The van der Waals surface area contributed by atoms with Crippen molar-refractivity contribution in [1.82, 2.24) is 10.2 Å². The molecule has 0 spiro atoms. The lowest BCUT2D eigenvalue weighted by Crippen LogP contribution is -2.40. The predicted octanol–water partition coefficient (Wildman–Crippen LogP) is 2.76.